The SMILES string of the molecule is CCC(C)[C@H](NC(=O)[C@@H]1CCCCN1C[C@H](CC(C)C)NC(=O)OC(C)(C)C)C(=O)NCc1ccccc1. The van der Waals surface area contributed by atoms with Gasteiger partial charge >= 0.3 is 6.09 Å². The second-order valence-electron chi connectivity index (χ2n) is 12.1. The molecule has 0 bridgehead atoms. The molecule has 8 heteroatoms. The van der Waals surface area contributed by atoms with Crippen molar-refractivity contribution in [1.82, 2.24) is 20.9 Å². The fraction of sp³-hybridized carbons (Fsp3) is 0.700. The molecule has 38 heavy (non-hydrogen) atoms. The largest absolute Gasteiger partial charge is 0.444 e. The predicted molar refractivity (Wildman–Crippen MR) is 151 cm³/mol. The third kappa shape index (κ3) is 11.0. The van der Waals surface area contributed by atoms with Gasteiger partial charge in [-0.1, -0.05) is 70.9 Å². The average Bonchev–Trinajstić information content (AvgIpc) is 2.84. The van der Waals surface area contributed by atoms with E-state index in [2.05, 4.69) is 34.7 Å². The van der Waals surface area contributed by atoms with Crippen molar-refractivity contribution in [3.05, 3.63) is 35.9 Å². The number of hydrogen-bond acceptors (Lipinski definition) is 5. The van der Waals surface area contributed by atoms with Gasteiger partial charge in [-0.15, -0.1) is 0 Å². The fourth-order valence-corrected chi connectivity index (χ4v) is 4.86. The minimum atomic E-state index is -0.605. The van der Waals surface area contributed by atoms with Crippen LogP contribution in [0.3, 0.4) is 0 Å². The van der Waals surface area contributed by atoms with Crippen LogP contribution in [0.5, 0.6) is 0 Å². The first-order valence-electron chi connectivity index (χ1n) is 14.2. The van der Waals surface area contributed by atoms with Crippen LogP contribution >= 0.6 is 0 Å². The molecule has 3 N–H and O–H groups in total. The Morgan fingerprint density at radius 1 is 1.05 bits per heavy atom. The van der Waals surface area contributed by atoms with Gasteiger partial charge < -0.3 is 20.7 Å². The van der Waals surface area contributed by atoms with Gasteiger partial charge in [0.2, 0.25) is 11.8 Å². The summed E-state index contributed by atoms with van der Waals surface area (Å²) in [7, 11) is 0. The number of nitrogens with zero attached hydrogens (tertiary/aromatic N) is 1. The molecule has 0 radical (unpaired) electrons. The van der Waals surface area contributed by atoms with Crippen molar-refractivity contribution in [2.45, 2.75) is 111 Å². The lowest BCUT2D eigenvalue weighted by atomic mass is 9.95. The Kier molecular flexibility index (Phi) is 12.6. The molecule has 1 unspecified atom stereocenters. The normalized spacial score (nSPS) is 18.8. The van der Waals surface area contributed by atoms with E-state index in [1.807, 2.05) is 65.0 Å². The highest BCUT2D eigenvalue weighted by Crippen LogP contribution is 2.20. The highest BCUT2D eigenvalue weighted by molar-refractivity contribution is 5.90. The molecular formula is C30H50N4O4. The number of ether oxygens (including phenoxy) is 1. The molecule has 2 rings (SSSR count). The number of carbonyl (C=O) groups is 3. The Balaban J connectivity index is 2.09. The van der Waals surface area contributed by atoms with Crippen LogP contribution in [0.4, 0.5) is 4.79 Å². The van der Waals surface area contributed by atoms with E-state index in [4.69, 9.17) is 4.74 Å². The molecule has 0 aliphatic carbocycles. The first-order chi connectivity index (χ1) is 17.9. The number of likely N-dealkylation sites (tertiary alicyclic amines) is 1. The van der Waals surface area contributed by atoms with Crippen molar-refractivity contribution in [2.75, 3.05) is 13.1 Å². The molecule has 1 heterocycles. The maximum absolute atomic E-state index is 13.6. The van der Waals surface area contributed by atoms with Gasteiger partial charge in [0.15, 0.2) is 0 Å². The van der Waals surface area contributed by atoms with E-state index >= 15 is 0 Å². The first-order valence-corrected chi connectivity index (χ1v) is 14.2. The molecule has 1 aromatic rings. The van der Waals surface area contributed by atoms with E-state index < -0.39 is 17.7 Å². The van der Waals surface area contributed by atoms with Crippen LogP contribution in [0.1, 0.15) is 86.1 Å². The summed E-state index contributed by atoms with van der Waals surface area (Å²) < 4.78 is 5.49. The number of carbonyl (C=O) groups excluding carboxylic acids is 3. The first kappa shape index (κ1) is 31.6. The van der Waals surface area contributed by atoms with Crippen LogP contribution in [0.2, 0.25) is 0 Å². The second kappa shape index (κ2) is 15.1. The Morgan fingerprint density at radius 2 is 1.74 bits per heavy atom. The average molecular weight is 531 g/mol. The van der Waals surface area contributed by atoms with E-state index in [0.717, 1.165) is 44.2 Å². The topological polar surface area (TPSA) is 99.8 Å². The molecule has 0 saturated carbocycles. The fourth-order valence-electron chi connectivity index (χ4n) is 4.86. The van der Waals surface area contributed by atoms with Crippen molar-refractivity contribution in [2.24, 2.45) is 11.8 Å². The summed E-state index contributed by atoms with van der Waals surface area (Å²) in [5.41, 5.74) is 0.439. The van der Waals surface area contributed by atoms with Crippen molar-refractivity contribution in [3.63, 3.8) is 0 Å². The molecule has 214 valence electrons. The molecule has 0 aromatic heterocycles. The predicted octanol–water partition coefficient (Wildman–Crippen LogP) is 4.63. The molecule has 4 atom stereocenters. The Labute approximate surface area is 229 Å². The molecule has 1 fully saturated rings. The Bertz CT molecular complexity index is 884. The number of benzene rings is 1. The number of amides is 3. The van der Waals surface area contributed by atoms with Crippen LogP contribution in [-0.2, 0) is 20.9 Å². The minimum Gasteiger partial charge on any atom is -0.444 e. The lowest BCUT2D eigenvalue weighted by molar-refractivity contribution is -0.134. The van der Waals surface area contributed by atoms with E-state index in [0.29, 0.717) is 19.0 Å². The van der Waals surface area contributed by atoms with Gasteiger partial charge in [-0.2, -0.15) is 0 Å². The summed E-state index contributed by atoms with van der Waals surface area (Å²) in [4.78, 5) is 41.4. The summed E-state index contributed by atoms with van der Waals surface area (Å²) in [6, 6.07) is 8.68. The maximum Gasteiger partial charge on any atom is 0.407 e. The lowest BCUT2D eigenvalue weighted by Gasteiger charge is -2.38. The summed E-state index contributed by atoms with van der Waals surface area (Å²) in [6.45, 7) is 15.6. The third-order valence-electron chi connectivity index (χ3n) is 6.95. The van der Waals surface area contributed by atoms with Crippen molar-refractivity contribution in [3.8, 4) is 0 Å². The maximum atomic E-state index is 13.6. The molecule has 8 nitrogen and oxygen atoms in total. The van der Waals surface area contributed by atoms with Crippen molar-refractivity contribution in [1.29, 1.82) is 0 Å². The number of piperidine rings is 1. The standard InChI is InChI=1S/C30H50N4O4/c1-8-22(4)26(28(36)31-19-23-14-10-9-11-15-23)33-27(35)25-16-12-13-17-34(25)20-24(18-21(2)3)32-29(37)38-30(5,6)7/h9-11,14-15,21-22,24-26H,8,12-13,16-20H2,1-7H3,(H,31,36)(H,32,37)(H,33,35)/t22?,24-,25-,26-/m0/s1. The zero-order chi connectivity index (χ0) is 28.3. The zero-order valence-electron chi connectivity index (χ0n) is 24.5. The van der Waals surface area contributed by atoms with Crippen molar-refractivity contribution < 1.29 is 19.1 Å². The van der Waals surface area contributed by atoms with Crippen molar-refractivity contribution >= 4 is 17.9 Å². The van der Waals surface area contributed by atoms with Gasteiger partial charge in [0, 0.05) is 19.1 Å². The molecular weight excluding hydrogens is 480 g/mol. The summed E-state index contributed by atoms with van der Waals surface area (Å²) >= 11 is 0. The van der Waals surface area contributed by atoms with Gasteiger partial charge in [0.05, 0.1) is 6.04 Å². The highest BCUT2D eigenvalue weighted by atomic mass is 16.6. The van der Waals surface area contributed by atoms with Gasteiger partial charge in [-0.05, 0) is 64.0 Å². The Hall–Kier alpha value is -2.61. The Morgan fingerprint density at radius 3 is 2.34 bits per heavy atom. The number of nitrogens with one attached hydrogen (secondary N) is 3. The summed E-state index contributed by atoms with van der Waals surface area (Å²) in [5, 5.41) is 9.12. The minimum absolute atomic E-state index is 0.00529. The number of hydrogen-bond donors (Lipinski definition) is 3. The quantitative estimate of drug-likeness (QED) is 0.366. The summed E-state index contributed by atoms with van der Waals surface area (Å²) in [5.74, 6) is 0.0815. The smallest absolute Gasteiger partial charge is 0.407 e. The van der Waals surface area contributed by atoms with E-state index in [1.165, 1.54) is 0 Å². The van der Waals surface area contributed by atoms with Gasteiger partial charge in [-0.3, -0.25) is 14.5 Å². The number of alkyl carbamates (subject to hydrolysis) is 1. The van der Waals surface area contributed by atoms with Crippen LogP contribution < -0.4 is 16.0 Å². The van der Waals surface area contributed by atoms with Crippen LogP contribution in [0, 0.1) is 11.8 Å². The molecule has 3 amide bonds. The summed E-state index contributed by atoms with van der Waals surface area (Å²) in [6.07, 6.45) is 3.79. The van der Waals surface area contributed by atoms with Crippen LogP contribution in [-0.4, -0.2) is 59.6 Å². The van der Waals surface area contributed by atoms with Gasteiger partial charge in [0.1, 0.15) is 11.6 Å². The third-order valence-corrected chi connectivity index (χ3v) is 6.95. The molecule has 1 saturated heterocycles. The lowest BCUT2D eigenvalue weighted by Crippen LogP contribution is -2.58. The molecule has 1 aliphatic heterocycles. The van der Waals surface area contributed by atoms with E-state index in [1.54, 1.807) is 0 Å². The molecule has 1 aliphatic rings. The molecule has 0 spiro atoms. The zero-order valence-corrected chi connectivity index (χ0v) is 24.5. The van der Waals surface area contributed by atoms with E-state index in [-0.39, 0.29) is 29.8 Å². The monoisotopic (exact) mass is 530 g/mol. The van der Waals surface area contributed by atoms with Crippen LogP contribution in [0.25, 0.3) is 0 Å². The van der Waals surface area contributed by atoms with Crippen LogP contribution in [0.15, 0.2) is 30.3 Å². The highest BCUT2D eigenvalue weighted by Gasteiger charge is 2.34. The van der Waals surface area contributed by atoms with Gasteiger partial charge in [-0.25, -0.2) is 4.79 Å². The second-order valence-corrected chi connectivity index (χ2v) is 12.1. The van der Waals surface area contributed by atoms with E-state index in [9.17, 15) is 14.4 Å². The van der Waals surface area contributed by atoms with Gasteiger partial charge in [0.25, 0.3) is 0 Å². The molecule has 1 aromatic carbocycles. The number of rotatable bonds is 12.